The predicted molar refractivity (Wildman–Crippen MR) is 66.8 cm³/mol. The van der Waals surface area contributed by atoms with E-state index < -0.39 is 10.8 Å². The van der Waals surface area contributed by atoms with Crippen LogP contribution in [0.15, 0.2) is 18.2 Å². The summed E-state index contributed by atoms with van der Waals surface area (Å²) in [5, 5.41) is 9.68. The first-order valence-electron chi connectivity index (χ1n) is 5.16. The van der Waals surface area contributed by atoms with Crippen molar-refractivity contribution in [3.63, 3.8) is 0 Å². The number of halogens is 1. The van der Waals surface area contributed by atoms with Gasteiger partial charge >= 0.3 is 5.97 Å². The molecule has 5 heteroatoms. The van der Waals surface area contributed by atoms with Crippen LogP contribution in [-0.4, -0.2) is 28.3 Å². The number of benzene rings is 1. The Morgan fingerprint density at radius 1 is 1.47 bits per heavy atom. The van der Waals surface area contributed by atoms with Gasteiger partial charge in [0.1, 0.15) is 5.75 Å². The predicted octanol–water partition coefficient (Wildman–Crippen LogP) is 2.54. The van der Waals surface area contributed by atoms with Crippen LogP contribution in [-0.2, 0) is 4.74 Å². The molecule has 4 nitrogen and oxygen atoms in total. The number of phenolic OH excluding ortho intramolecular Hbond substituents is 1. The lowest BCUT2D eigenvalue weighted by Crippen LogP contribution is -2.17. The second kappa shape index (κ2) is 5.82. The average molecular weight is 301 g/mol. The second-order valence-corrected chi connectivity index (χ2v) is 4.77. The fraction of sp³-hybridized carbons (Fsp3) is 0.333. The number of carbonyl (C=O) groups is 2. The highest BCUT2D eigenvalue weighted by molar-refractivity contribution is 9.10. The summed E-state index contributed by atoms with van der Waals surface area (Å²) in [5.41, 5.74) is 0.0819. The molecule has 0 saturated carbocycles. The van der Waals surface area contributed by atoms with Gasteiger partial charge in [0.05, 0.1) is 22.6 Å². The normalized spacial score (nSPS) is 11.9. The van der Waals surface area contributed by atoms with E-state index in [4.69, 9.17) is 4.74 Å². The SMILES string of the molecule is CCOC(=O)c1cccc(O)c1C(=O)C(C)Br. The van der Waals surface area contributed by atoms with Crippen LogP contribution in [0, 0.1) is 0 Å². The van der Waals surface area contributed by atoms with E-state index in [0.717, 1.165) is 0 Å². The van der Waals surface area contributed by atoms with Gasteiger partial charge in [0.2, 0.25) is 0 Å². The number of Topliss-reactive ketones (excluding diaryl/α,β-unsaturated/α-hetero) is 1. The highest BCUT2D eigenvalue weighted by atomic mass is 79.9. The van der Waals surface area contributed by atoms with E-state index in [0.29, 0.717) is 0 Å². The molecular weight excluding hydrogens is 288 g/mol. The molecule has 0 aromatic heterocycles. The molecule has 1 atom stereocenters. The smallest absolute Gasteiger partial charge is 0.338 e. The van der Waals surface area contributed by atoms with Gasteiger partial charge < -0.3 is 9.84 Å². The van der Waals surface area contributed by atoms with Crippen molar-refractivity contribution >= 4 is 27.7 Å². The van der Waals surface area contributed by atoms with Crippen molar-refractivity contribution in [2.75, 3.05) is 6.61 Å². The number of carbonyl (C=O) groups excluding carboxylic acids is 2. The maximum Gasteiger partial charge on any atom is 0.338 e. The third-order valence-electron chi connectivity index (χ3n) is 2.15. The molecule has 1 aromatic carbocycles. The minimum absolute atomic E-state index is 0.00433. The summed E-state index contributed by atoms with van der Waals surface area (Å²) in [6.45, 7) is 3.52. The molecule has 1 N–H and O–H groups in total. The highest BCUT2D eigenvalue weighted by Crippen LogP contribution is 2.25. The average Bonchev–Trinajstić information content (AvgIpc) is 2.28. The number of ketones is 1. The van der Waals surface area contributed by atoms with Gasteiger partial charge in [-0.15, -0.1) is 0 Å². The topological polar surface area (TPSA) is 63.6 Å². The fourth-order valence-corrected chi connectivity index (χ4v) is 1.61. The Morgan fingerprint density at radius 2 is 2.12 bits per heavy atom. The Balaban J connectivity index is 3.26. The van der Waals surface area contributed by atoms with Crippen LogP contribution >= 0.6 is 15.9 Å². The van der Waals surface area contributed by atoms with Crippen molar-refractivity contribution < 1.29 is 19.4 Å². The van der Waals surface area contributed by atoms with Gasteiger partial charge in [-0.1, -0.05) is 22.0 Å². The number of aromatic hydroxyl groups is 1. The number of esters is 1. The van der Waals surface area contributed by atoms with E-state index in [-0.39, 0.29) is 29.3 Å². The molecular formula is C12H13BrO4. The summed E-state index contributed by atoms with van der Waals surface area (Å²) < 4.78 is 4.84. The van der Waals surface area contributed by atoms with Gasteiger partial charge in [-0.3, -0.25) is 4.79 Å². The van der Waals surface area contributed by atoms with E-state index in [1.807, 2.05) is 0 Å². The zero-order chi connectivity index (χ0) is 13.0. The first-order chi connectivity index (χ1) is 7.99. The maximum absolute atomic E-state index is 11.9. The largest absolute Gasteiger partial charge is 0.507 e. The van der Waals surface area contributed by atoms with Gasteiger partial charge in [-0.25, -0.2) is 4.79 Å². The molecule has 0 aliphatic carbocycles. The molecule has 0 aliphatic rings. The number of phenols is 1. The molecule has 0 radical (unpaired) electrons. The fourth-order valence-electron chi connectivity index (χ4n) is 1.38. The van der Waals surface area contributed by atoms with Crippen molar-refractivity contribution in [2.24, 2.45) is 0 Å². The summed E-state index contributed by atoms with van der Waals surface area (Å²) in [5.74, 6) is -1.18. The van der Waals surface area contributed by atoms with Crippen LogP contribution < -0.4 is 0 Å². The number of ether oxygens (including phenoxy) is 1. The molecule has 0 amide bonds. The molecule has 0 bridgehead atoms. The summed E-state index contributed by atoms with van der Waals surface area (Å²) in [6.07, 6.45) is 0. The number of hydrogen-bond acceptors (Lipinski definition) is 4. The highest BCUT2D eigenvalue weighted by Gasteiger charge is 2.24. The van der Waals surface area contributed by atoms with Crippen molar-refractivity contribution in [2.45, 2.75) is 18.7 Å². The lowest BCUT2D eigenvalue weighted by atomic mass is 10.0. The molecule has 0 saturated heterocycles. The van der Waals surface area contributed by atoms with Gasteiger partial charge in [-0.05, 0) is 26.0 Å². The molecule has 17 heavy (non-hydrogen) atoms. The zero-order valence-corrected chi connectivity index (χ0v) is 11.2. The monoisotopic (exact) mass is 300 g/mol. The Labute approximate surface area is 108 Å². The number of hydrogen-bond donors (Lipinski definition) is 1. The first kappa shape index (κ1) is 13.7. The van der Waals surface area contributed by atoms with Crippen LogP contribution in [0.2, 0.25) is 0 Å². The van der Waals surface area contributed by atoms with Crippen LogP contribution in [0.3, 0.4) is 0 Å². The molecule has 0 spiro atoms. The van der Waals surface area contributed by atoms with E-state index in [1.54, 1.807) is 13.8 Å². The summed E-state index contributed by atoms with van der Waals surface area (Å²) in [7, 11) is 0. The van der Waals surface area contributed by atoms with E-state index in [9.17, 15) is 14.7 Å². The molecule has 1 unspecified atom stereocenters. The molecule has 0 heterocycles. The quantitative estimate of drug-likeness (QED) is 0.527. The van der Waals surface area contributed by atoms with Crippen molar-refractivity contribution in [1.29, 1.82) is 0 Å². The lowest BCUT2D eigenvalue weighted by molar-refractivity contribution is 0.0522. The molecule has 92 valence electrons. The number of rotatable bonds is 4. The lowest BCUT2D eigenvalue weighted by Gasteiger charge is -2.10. The van der Waals surface area contributed by atoms with Crippen molar-refractivity contribution in [3.8, 4) is 5.75 Å². The Morgan fingerprint density at radius 3 is 2.65 bits per heavy atom. The van der Waals surface area contributed by atoms with E-state index in [2.05, 4.69) is 15.9 Å². The van der Waals surface area contributed by atoms with Crippen LogP contribution in [0.4, 0.5) is 0 Å². The van der Waals surface area contributed by atoms with Gasteiger partial charge in [0, 0.05) is 0 Å². The molecule has 1 aromatic rings. The Hall–Kier alpha value is -1.36. The van der Waals surface area contributed by atoms with Crippen LogP contribution in [0.25, 0.3) is 0 Å². The summed E-state index contributed by atoms with van der Waals surface area (Å²) in [4.78, 5) is 23.0. The minimum Gasteiger partial charge on any atom is -0.507 e. The molecule has 0 aliphatic heterocycles. The third-order valence-corrected chi connectivity index (χ3v) is 2.56. The van der Waals surface area contributed by atoms with Gasteiger partial charge in [0.15, 0.2) is 5.78 Å². The Kier molecular flexibility index (Phi) is 4.69. The Bertz CT molecular complexity index is 440. The van der Waals surface area contributed by atoms with Crippen molar-refractivity contribution in [3.05, 3.63) is 29.3 Å². The van der Waals surface area contributed by atoms with Crippen LogP contribution in [0.1, 0.15) is 34.6 Å². The van der Waals surface area contributed by atoms with Crippen LogP contribution in [0.5, 0.6) is 5.75 Å². The van der Waals surface area contributed by atoms with E-state index in [1.165, 1.54) is 18.2 Å². The van der Waals surface area contributed by atoms with Crippen molar-refractivity contribution in [1.82, 2.24) is 0 Å². The maximum atomic E-state index is 11.9. The summed E-state index contributed by atoms with van der Waals surface area (Å²) >= 11 is 3.12. The zero-order valence-electron chi connectivity index (χ0n) is 9.57. The standard InChI is InChI=1S/C12H13BrO4/c1-3-17-12(16)8-5-4-6-9(14)10(8)11(15)7(2)13/h4-7,14H,3H2,1-2H3. The molecule has 1 rings (SSSR count). The number of alkyl halides is 1. The first-order valence-corrected chi connectivity index (χ1v) is 6.08. The third kappa shape index (κ3) is 3.06. The summed E-state index contributed by atoms with van der Waals surface area (Å²) in [6, 6.07) is 4.32. The second-order valence-electron chi connectivity index (χ2n) is 3.40. The molecule has 0 fully saturated rings. The van der Waals surface area contributed by atoms with E-state index >= 15 is 0 Å². The minimum atomic E-state index is -0.611. The van der Waals surface area contributed by atoms with Gasteiger partial charge in [-0.2, -0.15) is 0 Å². The van der Waals surface area contributed by atoms with Gasteiger partial charge in [0.25, 0.3) is 0 Å².